The second-order valence-electron chi connectivity index (χ2n) is 10.4. The van der Waals surface area contributed by atoms with Crippen LogP contribution in [0.4, 0.5) is 11.4 Å². The fourth-order valence-corrected chi connectivity index (χ4v) is 5.33. The Balaban J connectivity index is 1.48. The van der Waals surface area contributed by atoms with Gasteiger partial charge >= 0.3 is 0 Å². The molecule has 7 nitrogen and oxygen atoms in total. The van der Waals surface area contributed by atoms with E-state index < -0.39 is 11.8 Å². The first-order valence-electron chi connectivity index (χ1n) is 14.5. The number of carbonyl (C=O) groups is 3. The van der Waals surface area contributed by atoms with Gasteiger partial charge in [-0.1, -0.05) is 69.3 Å². The van der Waals surface area contributed by atoms with Crippen molar-refractivity contribution >= 4 is 46.9 Å². The first-order chi connectivity index (χ1) is 21.2. The Hall–Kier alpha value is -4.82. The highest BCUT2D eigenvalue weighted by Gasteiger charge is 2.19. The van der Waals surface area contributed by atoms with Crippen molar-refractivity contribution in [1.29, 1.82) is 0 Å². The van der Waals surface area contributed by atoms with Gasteiger partial charge in [0, 0.05) is 21.8 Å². The Morgan fingerprint density at radius 1 is 0.818 bits per heavy atom. The van der Waals surface area contributed by atoms with Gasteiger partial charge in [-0.2, -0.15) is 0 Å². The standard InChI is InChI=1S/C36H37N3O4S/c1-5-33(36(42)37-28-18-16-26(17-19-28)24(2)3)44-31-13-9-12-29(23-31)38-35(41)32(22-25-14-20-30(43-4)21-15-25)39-34(40)27-10-7-6-8-11-27/h6-24,33H,5H2,1-4H3,(H,37,42)(H,38,41)(H,39,40)/b32-22+. The minimum atomic E-state index is -0.484. The molecule has 0 saturated carbocycles. The summed E-state index contributed by atoms with van der Waals surface area (Å²) >= 11 is 1.43. The summed E-state index contributed by atoms with van der Waals surface area (Å²) in [6.45, 7) is 6.23. The van der Waals surface area contributed by atoms with Crippen molar-refractivity contribution in [2.75, 3.05) is 17.7 Å². The molecule has 4 aromatic rings. The largest absolute Gasteiger partial charge is 0.497 e. The van der Waals surface area contributed by atoms with Gasteiger partial charge in [-0.25, -0.2) is 0 Å². The van der Waals surface area contributed by atoms with Gasteiger partial charge in [-0.05, 0) is 84.1 Å². The third-order valence-corrected chi connectivity index (χ3v) is 8.19. The van der Waals surface area contributed by atoms with Gasteiger partial charge in [0.05, 0.1) is 12.4 Å². The van der Waals surface area contributed by atoms with E-state index in [1.54, 1.807) is 67.8 Å². The molecule has 0 aromatic heterocycles. The highest BCUT2D eigenvalue weighted by atomic mass is 32.2. The Morgan fingerprint density at radius 3 is 2.16 bits per heavy atom. The number of rotatable bonds is 12. The summed E-state index contributed by atoms with van der Waals surface area (Å²) in [5.74, 6) is 0.124. The third-order valence-electron chi connectivity index (χ3n) is 6.83. The number of methoxy groups -OCH3 is 1. The van der Waals surface area contributed by atoms with Crippen molar-refractivity contribution in [3.63, 3.8) is 0 Å². The maximum absolute atomic E-state index is 13.5. The zero-order valence-corrected chi connectivity index (χ0v) is 26.1. The molecular formula is C36H37N3O4S. The molecule has 4 rings (SSSR count). The van der Waals surface area contributed by atoms with E-state index in [9.17, 15) is 14.4 Å². The number of hydrogen-bond donors (Lipinski definition) is 3. The molecule has 44 heavy (non-hydrogen) atoms. The van der Waals surface area contributed by atoms with Gasteiger partial charge in [0.2, 0.25) is 5.91 Å². The average Bonchev–Trinajstić information content (AvgIpc) is 3.04. The Bertz CT molecular complexity index is 1600. The van der Waals surface area contributed by atoms with Crippen LogP contribution in [0.2, 0.25) is 0 Å². The molecule has 0 radical (unpaired) electrons. The SMILES string of the molecule is CCC(Sc1cccc(NC(=O)/C(=C\c2ccc(OC)cc2)NC(=O)c2ccccc2)c1)C(=O)Nc1ccc(C(C)C)cc1. The molecule has 0 saturated heterocycles. The van der Waals surface area contributed by atoms with Crippen LogP contribution in [0, 0.1) is 0 Å². The van der Waals surface area contributed by atoms with Crippen LogP contribution in [0.25, 0.3) is 6.08 Å². The summed E-state index contributed by atoms with van der Waals surface area (Å²) in [5.41, 5.74) is 3.73. The maximum Gasteiger partial charge on any atom is 0.272 e. The average molecular weight is 608 g/mol. The molecule has 3 amide bonds. The summed E-state index contributed by atoms with van der Waals surface area (Å²) < 4.78 is 5.23. The second-order valence-corrected chi connectivity index (χ2v) is 11.7. The molecular weight excluding hydrogens is 570 g/mol. The van der Waals surface area contributed by atoms with Crippen molar-refractivity contribution in [2.24, 2.45) is 0 Å². The van der Waals surface area contributed by atoms with Gasteiger partial charge in [0.25, 0.3) is 11.8 Å². The Morgan fingerprint density at radius 2 is 1.52 bits per heavy atom. The van der Waals surface area contributed by atoms with Crippen molar-refractivity contribution < 1.29 is 19.1 Å². The summed E-state index contributed by atoms with van der Waals surface area (Å²) in [5, 5.41) is 8.34. The highest BCUT2D eigenvalue weighted by molar-refractivity contribution is 8.00. The van der Waals surface area contributed by atoms with Crippen molar-refractivity contribution in [3.05, 3.63) is 126 Å². The van der Waals surface area contributed by atoms with Crippen molar-refractivity contribution in [2.45, 2.75) is 43.3 Å². The summed E-state index contributed by atoms with van der Waals surface area (Å²) in [6.07, 6.45) is 2.23. The Kier molecular flexibility index (Phi) is 11.4. The lowest BCUT2D eigenvalue weighted by Crippen LogP contribution is -2.30. The predicted octanol–water partition coefficient (Wildman–Crippen LogP) is 7.74. The van der Waals surface area contributed by atoms with Gasteiger partial charge in [-0.15, -0.1) is 11.8 Å². The molecule has 0 aliphatic carbocycles. The second kappa shape index (κ2) is 15.6. The fraction of sp³-hybridized carbons (Fsp3) is 0.194. The van der Waals surface area contributed by atoms with Crippen LogP contribution >= 0.6 is 11.8 Å². The first kappa shape index (κ1) is 32.1. The van der Waals surface area contributed by atoms with Crippen LogP contribution in [0.15, 0.2) is 114 Å². The molecule has 226 valence electrons. The number of benzene rings is 4. The fourth-order valence-electron chi connectivity index (χ4n) is 4.32. The van der Waals surface area contributed by atoms with Crippen LogP contribution in [-0.4, -0.2) is 30.1 Å². The molecule has 0 spiro atoms. The number of carbonyl (C=O) groups excluding carboxylic acids is 3. The van der Waals surface area contributed by atoms with Gasteiger partial charge < -0.3 is 20.7 Å². The van der Waals surface area contributed by atoms with Crippen LogP contribution in [-0.2, 0) is 9.59 Å². The molecule has 1 atom stereocenters. The molecule has 3 N–H and O–H groups in total. The normalized spacial score (nSPS) is 11.9. The van der Waals surface area contributed by atoms with E-state index in [0.717, 1.165) is 10.6 Å². The molecule has 0 aliphatic rings. The zero-order chi connectivity index (χ0) is 31.5. The number of nitrogens with one attached hydrogen (secondary N) is 3. The van der Waals surface area contributed by atoms with E-state index in [-0.39, 0.29) is 16.9 Å². The molecule has 0 aliphatic heterocycles. The first-order valence-corrected chi connectivity index (χ1v) is 15.3. The van der Waals surface area contributed by atoms with Crippen molar-refractivity contribution in [3.8, 4) is 5.75 Å². The maximum atomic E-state index is 13.5. The molecule has 0 heterocycles. The lowest BCUT2D eigenvalue weighted by Gasteiger charge is -2.16. The number of amides is 3. The quantitative estimate of drug-likeness (QED) is 0.113. The number of hydrogen-bond acceptors (Lipinski definition) is 5. The van der Waals surface area contributed by atoms with Crippen molar-refractivity contribution in [1.82, 2.24) is 5.32 Å². The van der Waals surface area contributed by atoms with Crippen LogP contribution in [0.1, 0.15) is 54.6 Å². The van der Waals surface area contributed by atoms with E-state index >= 15 is 0 Å². The zero-order valence-electron chi connectivity index (χ0n) is 25.3. The highest BCUT2D eigenvalue weighted by Crippen LogP contribution is 2.29. The molecule has 0 fully saturated rings. The lowest BCUT2D eigenvalue weighted by molar-refractivity contribution is -0.116. The molecule has 4 aromatic carbocycles. The topological polar surface area (TPSA) is 96.5 Å². The van der Waals surface area contributed by atoms with E-state index in [0.29, 0.717) is 34.9 Å². The minimum Gasteiger partial charge on any atom is -0.497 e. The Labute approximate surface area is 263 Å². The third kappa shape index (κ3) is 9.09. The van der Waals surface area contributed by atoms with Crippen LogP contribution in [0.5, 0.6) is 5.75 Å². The van der Waals surface area contributed by atoms with E-state index in [4.69, 9.17) is 4.74 Å². The van der Waals surface area contributed by atoms with E-state index in [2.05, 4.69) is 29.8 Å². The summed E-state index contributed by atoms with van der Waals surface area (Å²) in [4.78, 5) is 40.4. The number of ether oxygens (including phenoxy) is 1. The minimum absolute atomic E-state index is 0.0800. The summed E-state index contributed by atoms with van der Waals surface area (Å²) in [6, 6.07) is 31.1. The van der Waals surface area contributed by atoms with Gasteiger partial charge in [-0.3, -0.25) is 14.4 Å². The van der Waals surface area contributed by atoms with E-state index in [1.165, 1.54) is 17.3 Å². The molecule has 1 unspecified atom stereocenters. The number of anilines is 2. The predicted molar refractivity (Wildman–Crippen MR) is 179 cm³/mol. The van der Waals surface area contributed by atoms with E-state index in [1.807, 2.05) is 55.5 Å². The number of thioether (sulfide) groups is 1. The van der Waals surface area contributed by atoms with Gasteiger partial charge in [0.15, 0.2) is 0 Å². The smallest absolute Gasteiger partial charge is 0.272 e. The van der Waals surface area contributed by atoms with Crippen LogP contribution < -0.4 is 20.7 Å². The molecule has 0 bridgehead atoms. The van der Waals surface area contributed by atoms with Crippen LogP contribution in [0.3, 0.4) is 0 Å². The van der Waals surface area contributed by atoms with Gasteiger partial charge in [0.1, 0.15) is 11.4 Å². The molecule has 8 heteroatoms. The lowest BCUT2D eigenvalue weighted by atomic mass is 10.0. The summed E-state index contributed by atoms with van der Waals surface area (Å²) in [7, 11) is 1.58. The monoisotopic (exact) mass is 607 g/mol.